The number of amides is 1. The number of primary amides is 1. The van der Waals surface area contributed by atoms with E-state index in [1.54, 1.807) is 12.4 Å². The summed E-state index contributed by atoms with van der Waals surface area (Å²) in [6, 6.07) is 9.18. The molecular weight excluding hydrogens is 376 g/mol. The number of carbonyl (C=O) groups excluding carboxylic acids is 1. The van der Waals surface area contributed by atoms with Crippen LogP contribution in [0.15, 0.2) is 48.8 Å². The van der Waals surface area contributed by atoms with Crippen molar-refractivity contribution >= 4 is 11.7 Å². The van der Waals surface area contributed by atoms with Gasteiger partial charge < -0.3 is 11.1 Å². The van der Waals surface area contributed by atoms with Crippen LogP contribution in [0.5, 0.6) is 0 Å². The zero-order valence-electron chi connectivity index (χ0n) is 15.9. The third-order valence-corrected chi connectivity index (χ3v) is 4.43. The summed E-state index contributed by atoms with van der Waals surface area (Å²) in [5.41, 5.74) is 7.31. The maximum atomic E-state index is 13.6. The molecule has 0 bridgehead atoms. The Morgan fingerprint density at radius 1 is 1.17 bits per heavy atom. The second-order valence-electron chi connectivity index (χ2n) is 6.70. The van der Waals surface area contributed by atoms with E-state index in [2.05, 4.69) is 20.3 Å². The molecule has 29 heavy (non-hydrogen) atoms. The first kappa shape index (κ1) is 20.3. The van der Waals surface area contributed by atoms with Gasteiger partial charge in [-0.2, -0.15) is 0 Å². The molecule has 1 amide bonds. The Morgan fingerprint density at radius 2 is 2.00 bits per heavy atom. The zero-order chi connectivity index (χ0) is 20.8. The first-order valence-corrected chi connectivity index (χ1v) is 9.18. The highest BCUT2D eigenvalue weighted by Crippen LogP contribution is 2.27. The van der Waals surface area contributed by atoms with Gasteiger partial charge in [0.2, 0.25) is 5.91 Å². The molecule has 0 saturated heterocycles. The van der Waals surface area contributed by atoms with Crippen molar-refractivity contribution in [2.45, 2.75) is 25.7 Å². The Bertz CT molecular complexity index is 998. The predicted molar refractivity (Wildman–Crippen MR) is 106 cm³/mol. The molecule has 3 rings (SSSR count). The molecule has 150 valence electrons. The molecule has 0 aliphatic heterocycles. The van der Waals surface area contributed by atoms with Crippen LogP contribution >= 0.6 is 0 Å². The number of anilines is 1. The molecular formula is C21H21F2N5O. The number of carbonyl (C=O) groups is 1. The van der Waals surface area contributed by atoms with Crippen molar-refractivity contribution in [1.82, 2.24) is 15.0 Å². The number of hydrogen-bond donors (Lipinski definition) is 2. The summed E-state index contributed by atoms with van der Waals surface area (Å²) in [5, 5.41) is 3.24. The van der Waals surface area contributed by atoms with Gasteiger partial charge in [0.25, 0.3) is 0 Å². The molecule has 1 unspecified atom stereocenters. The lowest BCUT2D eigenvalue weighted by Crippen LogP contribution is -2.16. The molecule has 0 radical (unpaired) electrons. The van der Waals surface area contributed by atoms with E-state index < -0.39 is 17.5 Å². The number of aromatic nitrogens is 3. The van der Waals surface area contributed by atoms with Gasteiger partial charge in [-0.15, -0.1) is 0 Å². The van der Waals surface area contributed by atoms with Gasteiger partial charge in [-0.05, 0) is 36.2 Å². The summed E-state index contributed by atoms with van der Waals surface area (Å²) < 4.78 is 26.8. The quantitative estimate of drug-likeness (QED) is 0.607. The molecule has 8 heteroatoms. The topological polar surface area (TPSA) is 93.8 Å². The van der Waals surface area contributed by atoms with E-state index in [4.69, 9.17) is 5.73 Å². The molecule has 6 nitrogen and oxygen atoms in total. The number of halogens is 2. The smallest absolute Gasteiger partial charge is 0.218 e. The summed E-state index contributed by atoms with van der Waals surface area (Å²) in [7, 11) is 0. The lowest BCUT2D eigenvalue weighted by atomic mass is 9.99. The molecule has 2 aromatic heterocycles. The summed E-state index contributed by atoms with van der Waals surface area (Å²) in [5.74, 6) is -1.77. The van der Waals surface area contributed by atoms with Gasteiger partial charge in [0, 0.05) is 48.6 Å². The van der Waals surface area contributed by atoms with Crippen molar-refractivity contribution in [3.05, 3.63) is 71.7 Å². The van der Waals surface area contributed by atoms with E-state index in [0.717, 1.165) is 23.4 Å². The fourth-order valence-corrected chi connectivity index (χ4v) is 2.93. The van der Waals surface area contributed by atoms with Crippen LogP contribution in [-0.2, 0) is 11.2 Å². The second-order valence-corrected chi connectivity index (χ2v) is 6.70. The Hall–Kier alpha value is -3.42. The number of pyridine rings is 1. The molecule has 3 aromatic rings. The van der Waals surface area contributed by atoms with Crippen LogP contribution < -0.4 is 11.1 Å². The summed E-state index contributed by atoms with van der Waals surface area (Å²) in [4.78, 5) is 24.4. The molecule has 3 N–H and O–H groups in total. The minimum atomic E-state index is -0.970. The standard InChI is InChI=1S/C21H21F2N5O/c1-13(10-19(24)29)16-12-27-20(14-5-6-17(22)18(23)11-14)28-21(16)26-9-7-15-4-2-3-8-25-15/h2-6,8,11-13H,7,9-10H2,1H3,(H2,24,29)(H,26,27,28). The average molecular weight is 397 g/mol. The van der Waals surface area contributed by atoms with E-state index >= 15 is 0 Å². The van der Waals surface area contributed by atoms with E-state index in [9.17, 15) is 13.6 Å². The van der Waals surface area contributed by atoms with Gasteiger partial charge in [0.15, 0.2) is 17.5 Å². The van der Waals surface area contributed by atoms with Gasteiger partial charge in [-0.25, -0.2) is 18.7 Å². The second kappa shape index (κ2) is 9.18. The third kappa shape index (κ3) is 5.31. The summed E-state index contributed by atoms with van der Waals surface area (Å²) in [6.07, 6.45) is 4.11. The minimum absolute atomic E-state index is 0.142. The van der Waals surface area contributed by atoms with Gasteiger partial charge >= 0.3 is 0 Å². The minimum Gasteiger partial charge on any atom is -0.370 e. The van der Waals surface area contributed by atoms with Crippen molar-refractivity contribution in [3.8, 4) is 11.4 Å². The normalized spacial score (nSPS) is 11.8. The number of hydrogen-bond acceptors (Lipinski definition) is 5. The number of benzene rings is 1. The van der Waals surface area contributed by atoms with Crippen molar-refractivity contribution in [2.75, 3.05) is 11.9 Å². The molecule has 2 heterocycles. The molecule has 0 aliphatic carbocycles. The summed E-state index contributed by atoms with van der Waals surface area (Å²) in [6.45, 7) is 2.39. The van der Waals surface area contributed by atoms with Gasteiger partial charge in [0.05, 0.1) is 0 Å². The Labute approximate surface area is 167 Å². The first-order valence-electron chi connectivity index (χ1n) is 9.18. The number of nitrogens with one attached hydrogen (secondary N) is 1. The predicted octanol–water partition coefficient (Wildman–Crippen LogP) is 3.45. The average Bonchev–Trinajstić information content (AvgIpc) is 2.70. The van der Waals surface area contributed by atoms with Crippen LogP contribution in [0.1, 0.15) is 30.5 Å². The van der Waals surface area contributed by atoms with Crippen LogP contribution in [0.3, 0.4) is 0 Å². The summed E-state index contributed by atoms with van der Waals surface area (Å²) >= 11 is 0. The van der Waals surface area contributed by atoms with Crippen LogP contribution in [0.4, 0.5) is 14.6 Å². The van der Waals surface area contributed by atoms with E-state index in [-0.39, 0.29) is 18.2 Å². The van der Waals surface area contributed by atoms with E-state index in [1.165, 1.54) is 6.07 Å². The van der Waals surface area contributed by atoms with Crippen LogP contribution in [0.25, 0.3) is 11.4 Å². The molecule has 1 atom stereocenters. The van der Waals surface area contributed by atoms with Crippen LogP contribution in [-0.4, -0.2) is 27.4 Å². The van der Waals surface area contributed by atoms with Gasteiger partial charge in [-0.3, -0.25) is 9.78 Å². The van der Waals surface area contributed by atoms with Gasteiger partial charge in [0.1, 0.15) is 5.82 Å². The first-order chi connectivity index (χ1) is 13.9. The molecule has 0 aliphatic rings. The van der Waals surface area contributed by atoms with Crippen molar-refractivity contribution in [2.24, 2.45) is 5.73 Å². The number of nitrogens with two attached hydrogens (primary N) is 1. The molecule has 1 aromatic carbocycles. The molecule has 0 fully saturated rings. The van der Waals surface area contributed by atoms with Crippen molar-refractivity contribution in [1.29, 1.82) is 0 Å². The third-order valence-electron chi connectivity index (χ3n) is 4.43. The lowest BCUT2D eigenvalue weighted by molar-refractivity contribution is -0.118. The highest BCUT2D eigenvalue weighted by molar-refractivity contribution is 5.75. The maximum Gasteiger partial charge on any atom is 0.218 e. The fourth-order valence-electron chi connectivity index (χ4n) is 2.93. The van der Waals surface area contributed by atoms with E-state index in [1.807, 2.05) is 25.1 Å². The lowest BCUT2D eigenvalue weighted by Gasteiger charge is -2.16. The van der Waals surface area contributed by atoms with Crippen LogP contribution in [0.2, 0.25) is 0 Å². The number of nitrogens with zero attached hydrogens (tertiary/aromatic N) is 3. The zero-order valence-corrected chi connectivity index (χ0v) is 15.9. The Balaban J connectivity index is 1.87. The molecule has 0 saturated carbocycles. The fraction of sp³-hybridized carbons (Fsp3) is 0.238. The van der Waals surface area contributed by atoms with E-state index in [0.29, 0.717) is 24.3 Å². The van der Waals surface area contributed by atoms with Gasteiger partial charge in [-0.1, -0.05) is 13.0 Å². The van der Waals surface area contributed by atoms with Crippen molar-refractivity contribution < 1.29 is 13.6 Å². The van der Waals surface area contributed by atoms with Crippen molar-refractivity contribution in [3.63, 3.8) is 0 Å². The Kier molecular flexibility index (Phi) is 6.43. The molecule has 0 spiro atoms. The largest absolute Gasteiger partial charge is 0.370 e. The SMILES string of the molecule is CC(CC(N)=O)c1cnc(-c2ccc(F)c(F)c2)nc1NCCc1ccccn1. The monoisotopic (exact) mass is 397 g/mol. The number of rotatable bonds is 8. The highest BCUT2D eigenvalue weighted by Gasteiger charge is 2.17. The Morgan fingerprint density at radius 3 is 2.69 bits per heavy atom. The van der Waals surface area contributed by atoms with Crippen LogP contribution in [0, 0.1) is 11.6 Å². The highest BCUT2D eigenvalue weighted by atomic mass is 19.2. The maximum absolute atomic E-state index is 13.6.